The molecule has 0 aliphatic heterocycles. The number of carboxylic acids is 1. The van der Waals surface area contributed by atoms with Gasteiger partial charge in [-0.3, -0.25) is 0 Å². The summed E-state index contributed by atoms with van der Waals surface area (Å²) in [6, 6.07) is 5.81. The summed E-state index contributed by atoms with van der Waals surface area (Å²) in [7, 11) is 0. The minimum absolute atomic E-state index is 0.0671. The van der Waals surface area contributed by atoms with E-state index in [9.17, 15) is 4.79 Å². The van der Waals surface area contributed by atoms with Crippen molar-refractivity contribution in [3.63, 3.8) is 0 Å². The molecule has 11 heteroatoms. The molecule has 1 aromatic carbocycles. The Morgan fingerprint density at radius 1 is 1.06 bits per heavy atom. The lowest BCUT2D eigenvalue weighted by molar-refractivity contribution is -0.742. The summed E-state index contributed by atoms with van der Waals surface area (Å²) < 4.78 is 0. The van der Waals surface area contributed by atoms with E-state index in [0.29, 0.717) is 0 Å². The number of aromatic carboxylic acids is 1. The summed E-state index contributed by atoms with van der Waals surface area (Å²) in [5.41, 5.74) is -0.0671. The van der Waals surface area contributed by atoms with Crippen molar-refractivity contribution in [2.24, 2.45) is 0 Å². The molecule has 0 saturated carbocycles. The van der Waals surface area contributed by atoms with Gasteiger partial charge in [0.25, 0.3) is 10.2 Å². The Kier molecular flexibility index (Phi) is 8.78. The summed E-state index contributed by atoms with van der Waals surface area (Å²) in [5.74, 6) is -1.31. The van der Waals surface area contributed by atoms with Crippen LogP contribution in [-0.2, 0) is 0 Å². The van der Waals surface area contributed by atoms with E-state index in [1.165, 1.54) is 12.1 Å². The van der Waals surface area contributed by atoms with Crippen LogP contribution in [0, 0.1) is 20.2 Å². The number of para-hydroxylation sites is 1. The summed E-state index contributed by atoms with van der Waals surface area (Å²) in [4.78, 5) is 27.0. The first-order chi connectivity index (χ1) is 8.18. The number of aromatic hydroxyl groups is 1. The number of nitrogens with zero attached hydrogens (tertiary/aromatic N) is 2. The van der Waals surface area contributed by atoms with E-state index in [1.54, 1.807) is 12.1 Å². The topological polar surface area (TPSA) is 184 Å². The lowest BCUT2D eigenvalue weighted by atomic mass is 10.2. The third-order valence-electron chi connectivity index (χ3n) is 1.13. The Hall–Kier alpha value is -3.11. The van der Waals surface area contributed by atoms with E-state index in [1.807, 2.05) is 0 Å². The van der Waals surface area contributed by atoms with Crippen molar-refractivity contribution < 1.29 is 35.6 Å². The number of rotatable bonds is 1. The zero-order chi connectivity index (χ0) is 14.7. The van der Waals surface area contributed by atoms with E-state index in [4.69, 9.17) is 40.9 Å². The van der Waals surface area contributed by atoms with E-state index in [2.05, 4.69) is 0 Å². The van der Waals surface area contributed by atoms with E-state index < -0.39 is 16.1 Å². The van der Waals surface area contributed by atoms with Gasteiger partial charge in [-0.1, -0.05) is 12.1 Å². The van der Waals surface area contributed by atoms with Crippen molar-refractivity contribution in [2.45, 2.75) is 0 Å². The molecule has 0 heterocycles. The fraction of sp³-hybridized carbons (Fsp3) is 0. The molecule has 0 aliphatic carbocycles. The molecule has 0 unspecified atom stereocenters. The average molecular weight is 264 g/mol. The first-order valence-corrected chi connectivity index (χ1v) is 3.86. The number of hydrogen-bond donors (Lipinski definition) is 4. The molecule has 100 valence electrons. The van der Waals surface area contributed by atoms with E-state index in [0.717, 1.165) is 0 Å². The fourth-order valence-corrected chi connectivity index (χ4v) is 0.654. The van der Waals surface area contributed by atoms with E-state index in [-0.39, 0.29) is 11.3 Å². The van der Waals surface area contributed by atoms with Crippen molar-refractivity contribution in [3.05, 3.63) is 50.1 Å². The third-order valence-corrected chi connectivity index (χ3v) is 1.13. The van der Waals surface area contributed by atoms with Gasteiger partial charge in [-0.25, -0.2) is 4.79 Å². The molecular formula is C7H8N2O9. The average Bonchev–Trinajstić information content (AvgIpc) is 2.15. The quantitative estimate of drug-likeness (QED) is 0.411. The molecule has 4 N–H and O–H groups in total. The van der Waals surface area contributed by atoms with Crippen LogP contribution in [0.2, 0.25) is 0 Å². The van der Waals surface area contributed by atoms with Crippen LogP contribution in [0.15, 0.2) is 24.3 Å². The first-order valence-electron chi connectivity index (χ1n) is 3.86. The van der Waals surface area contributed by atoms with Gasteiger partial charge in [0.15, 0.2) is 0 Å². The lowest BCUT2D eigenvalue weighted by Gasteiger charge is -1.95. The van der Waals surface area contributed by atoms with Crippen molar-refractivity contribution >= 4 is 5.97 Å². The molecule has 1 aromatic rings. The van der Waals surface area contributed by atoms with Crippen molar-refractivity contribution in [3.8, 4) is 5.75 Å². The highest BCUT2D eigenvalue weighted by molar-refractivity contribution is 5.90. The highest BCUT2D eigenvalue weighted by Crippen LogP contribution is 2.14. The Bertz CT molecular complexity index is 399. The highest BCUT2D eigenvalue weighted by atomic mass is 16.9. The zero-order valence-electron chi connectivity index (χ0n) is 8.53. The van der Waals surface area contributed by atoms with Gasteiger partial charge in [0.2, 0.25) is 0 Å². The van der Waals surface area contributed by atoms with Crippen LogP contribution in [0.5, 0.6) is 5.75 Å². The van der Waals surface area contributed by atoms with Crippen LogP contribution in [-0.4, -0.2) is 36.8 Å². The summed E-state index contributed by atoms with van der Waals surface area (Å²) >= 11 is 0. The molecule has 0 saturated heterocycles. The molecule has 0 bridgehead atoms. The highest BCUT2D eigenvalue weighted by Gasteiger charge is 2.05. The minimum Gasteiger partial charge on any atom is -0.507 e. The summed E-state index contributed by atoms with van der Waals surface area (Å²) in [6.07, 6.45) is 0. The van der Waals surface area contributed by atoms with Crippen LogP contribution >= 0.6 is 0 Å². The Labute approximate surface area is 98.4 Å². The standard InChI is InChI=1S/C7H6O3.2HNO3/c8-6-4-2-1-3-5(6)7(9)10;2*2-1(3)4/h1-4,8H,(H,9,10);2*(H,2,3,4). The monoisotopic (exact) mass is 264 g/mol. The zero-order valence-corrected chi connectivity index (χ0v) is 8.53. The Morgan fingerprint density at radius 3 is 1.61 bits per heavy atom. The maximum atomic E-state index is 10.3. The molecule has 0 amide bonds. The SMILES string of the molecule is O=C(O)c1ccccc1O.O=[N+]([O-])O.O=[N+]([O-])O. The second kappa shape index (κ2) is 9.14. The van der Waals surface area contributed by atoms with Crippen molar-refractivity contribution in [1.29, 1.82) is 0 Å². The number of benzene rings is 1. The maximum absolute atomic E-state index is 10.3. The van der Waals surface area contributed by atoms with Crippen LogP contribution in [0.25, 0.3) is 0 Å². The summed E-state index contributed by atoms with van der Waals surface area (Å²) in [6.45, 7) is 0. The number of carboxylic acid groups (broad SMARTS) is 1. The largest absolute Gasteiger partial charge is 0.507 e. The normalized spacial score (nSPS) is 7.78. The molecular weight excluding hydrogens is 256 g/mol. The minimum atomic E-state index is -1.50. The lowest BCUT2D eigenvalue weighted by Crippen LogP contribution is -1.95. The van der Waals surface area contributed by atoms with Crippen molar-refractivity contribution in [1.82, 2.24) is 0 Å². The molecule has 0 radical (unpaired) electrons. The molecule has 0 fully saturated rings. The first kappa shape index (κ1) is 17.3. The van der Waals surface area contributed by atoms with Gasteiger partial charge in [-0.05, 0) is 12.1 Å². The number of carbonyl (C=O) groups is 1. The Balaban J connectivity index is 0. The molecule has 11 nitrogen and oxygen atoms in total. The smallest absolute Gasteiger partial charge is 0.339 e. The van der Waals surface area contributed by atoms with Gasteiger partial charge < -0.3 is 20.6 Å². The maximum Gasteiger partial charge on any atom is 0.339 e. The van der Waals surface area contributed by atoms with Gasteiger partial charge in [0, 0.05) is 0 Å². The molecule has 0 aliphatic rings. The molecule has 1 rings (SSSR count). The van der Waals surface area contributed by atoms with Gasteiger partial charge in [0.05, 0.1) is 0 Å². The van der Waals surface area contributed by atoms with Gasteiger partial charge in [-0.15, -0.1) is 20.2 Å². The Morgan fingerprint density at radius 2 is 1.39 bits per heavy atom. The van der Waals surface area contributed by atoms with Crippen LogP contribution < -0.4 is 0 Å². The van der Waals surface area contributed by atoms with Crippen molar-refractivity contribution in [2.75, 3.05) is 0 Å². The predicted molar refractivity (Wildman–Crippen MR) is 52.6 cm³/mol. The molecule has 0 spiro atoms. The fourth-order valence-electron chi connectivity index (χ4n) is 0.654. The van der Waals surface area contributed by atoms with Crippen LogP contribution in [0.3, 0.4) is 0 Å². The van der Waals surface area contributed by atoms with Gasteiger partial charge in [-0.2, -0.15) is 0 Å². The van der Waals surface area contributed by atoms with Crippen LogP contribution in [0.1, 0.15) is 10.4 Å². The molecule has 0 aromatic heterocycles. The number of phenols is 1. The number of hydrogen-bond acceptors (Lipinski definition) is 6. The van der Waals surface area contributed by atoms with Gasteiger partial charge >= 0.3 is 5.97 Å². The van der Waals surface area contributed by atoms with Crippen LogP contribution in [0.4, 0.5) is 0 Å². The predicted octanol–water partition coefficient (Wildman–Crippen LogP) is 0.395. The molecule has 18 heavy (non-hydrogen) atoms. The second-order valence-electron chi connectivity index (χ2n) is 2.30. The summed E-state index contributed by atoms with van der Waals surface area (Å²) in [5, 5.41) is 44.6. The van der Waals surface area contributed by atoms with Gasteiger partial charge in [0.1, 0.15) is 11.3 Å². The molecule has 0 atom stereocenters. The second-order valence-corrected chi connectivity index (χ2v) is 2.30. The van der Waals surface area contributed by atoms with E-state index >= 15 is 0 Å². The third kappa shape index (κ3) is 12.9.